The topological polar surface area (TPSA) is 99.3 Å². The molecule has 7 nitrogen and oxygen atoms in total. The lowest BCUT2D eigenvalue weighted by Gasteiger charge is -2.29. The number of rotatable bonds is 2. The molecule has 1 aromatic heterocycles. The van der Waals surface area contributed by atoms with Crippen molar-refractivity contribution in [3.63, 3.8) is 0 Å². The van der Waals surface area contributed by atoms with Gasteiger partial charge < -0.3 is 10.3 Å². The van der Waals surface area contributed by atoms with Gasteiger partial charge in [0.15, 0.2) is 4.21 Å². The summed E-state index contributed by atoms with van der Waals surface area (Å²) in [6, 6.07) is 6.62. The highest BCUT2D eigenvalue weighted by atomic mass is 32.2. The maximum absolute atomic E-state index is 12.7. The molecule has 0 fully saturated rings. The maximum atomic E-state index is 12.7. The molecule has 0 aliphatic carbocycles. The predicted molar refractivity (Wildman–Crippen MR) is 79.3 cm³/mol. The summed E-state index contributed by atoms with van der Waals surface area (Å²) in [5.74, 6) is -0.419. The summed E-state index contributed by atoms with van der Waals surface area (Å²) in [6.07, 6.45) is 0. The molecule has 2 N–H and O–H groups in total. The summed E-state index contributed by atoms with van der Waals surface area (Å²) in [5.41, 5.74) is 1.09. The first-order valence-corrected chi connectivity index (χ1v) is 8.26. The third-order valence-corrected chi connectivity index (χ3v) is 6.38. The maximum Gasteiger partial charge on any atom is 0.306 e. The van der Waals surface area contributed by atoms with E-state index in [0.717, 1.165) is 4.31 Å². The van der Waals surface area contributed by atoms with Crippen LogP contribution in [0.25, 0.3) is 0 Å². The molecule has 0 spiro atoms. The molecule has 0 atom stereocenters. The number of H-pyrrole nitrogens is 1. The Kier molecular flexibility index (Phi) is 3.10. The van der Waals surface area contributed by atoms with Crippen molar-refractivity contribution in [1.82, 2.24) is 4.98 Å². The number of carbonyl (C=O) groups is 1. The number of amides is 1. The number of anilines is 2. The molecule has 0 unspecified atom stereocenters. The van der Waals surface area contributed by atoms with Crippen LogP contribution in [0.1, 0.15) is 5.69 Å². The molecule has 1 amide bonds. The molecule has 1 aliphatic rings. The number of aryl methyl sites for hydroxylation is 1. The summed E-state index contributed by atoms with van der Waals surface area (Å²) < 4.78 is 26.4. The van der Waals surface area contributed by atoms with Gasteiger partial charge in [0.05, 0.1) is 11.4 Å². The summed E-state index contributed by atoms with van der Waals surface area (Å²) in [6.45, 7) is 1.20. The third kappa shape index (κ3) is 2.24. The second-order valence-corrected chi connectivity index (χ2v) is 7.54. The lowest BCUT2D eigenvalue weighted by Crippen LogP contribution is -2.42. The first-order chi connectivity index (χ1) is 9.89. The van der Waals surface area contributed by atoms with Crippen LogP contribution >= 0.6 is 11.3 Å². The minimum atomic E-state index is -3.96. The van der Waals surface area contributed by atoms with Crippen molar-refractivity contribution in [3.05, 3.63) is 39.6 Å². The smallest absolute Gasteiger partial charge is 0.306 e. The zero-order valence-corrected chi connectivity index (χ0v) is 12.5. The quantitative estimate of drug-likeness (QED) is 0.856. The number of nitrogens with one attached hydrogen (secondary N) is 2. The van der Waals surface area contributed by atoms with E-state index in [-0.39, 0.29) is 16.4 Å². The molecule has 0 radical (unpaired) electrons. The number of hydrogen-bond acceptors (Lipinski definition) is 5. The highest BCUT2D eigenvalue weighted by Crippen LogP contribution is 2.34. The Hall–Kier alpha value is -2.13. The van der Waals surface area contributed by atoms with E-state index in [2.05, 4.69) is 10.3 Å². The molecule has 0 saturated carbocycles. The van der Waals surface area contributed by atoms with Gasteiger partial charge in [0.25, 0.3) is 10.0 Å². The van der Waals surface area contributed by atoms with Crippen LogP contribution in [-0.2, 0) is 14.8 Å². The van der Waals surface area contributed by atoms with E-state index in [4.69, 9.17) is 0 Å². The lowest BCUT2D eigenvalue weighted by atomic mass is 10.2. The first kappa shape index (κ1) is 13.8. The van der Waals surface area contributed by atoms with Crippen molar-refractivity contribution >= 4 is 38.6 Å². The molecule has 2 heterocycles. The van der Waals surface area contributed by atoms with Crippen molar-refractivity contribution in [2.24, 2.45) is 0 Å². The first-order valence-electron chi connectivity index (χ1n) is 6.01. The predicted octanol–water partition coefficient (Wildman–Crippen LogP) is 0.892. The van der Waals surface area contributed by atoms with Crippen molar-refractivity contribution in [2.45, 2.75) is 11.1 Å². The fourth-order valence-electron chi connectivity index (χ4n) is 2.15. The van der Waals surface area contributed by atoms with Gasteiger partial charge in [-0.05, 0) is 19.1 Å². The SMILES string of the molecule is Cc1[nH]c(=O)sc1S(=O)(=O)N1CC(=O)Nc2ccccc21. The number of aromatic nitrogens is 1. The summed E-state index contributed by atoms with van der Waals surface area (Å²) >= 11 is 0.618. The van der Waals surface area contributed by atoms with Crippen LogP contribution in [-0.4, -0.2) is 25.9 Å². The number of hydrogen-bond donors (Lipinski definition) is 2. The van der Waals surface area contributed by atoms with Crippen LogP contribution in [0.2, 0.25) is 0 Å². The molecular weight excluding hydrogens is 314 g/mol. The van der Waals surface area contributed by atoms with Gasteiger partial charge in [-0.25, -0.2) is 8.42 Å². The number of benzene rings is 1. The minimum absolute atomic E-state index is 0.0722. The van der Waals surface area contributed by atoms with Gasteiger partial charge in [0, 0.05) is 5.69 Å². The van der Waals surface area contributed by atoms with Crippen LogP contribution < -0.4 is 14.5 Å². The van der Waals surface area contributed by atoms with Crippen molar-refractivity contribution in [3.8, 4) is 0 Å². The molecule has 1 aromatic carbocycles. The normalized spacial score (nSPS) is 14.7. The zero-order chi connectivity index (χ0) is 15.2. The monoisotopic (exact) mass is 325 g/mol. The number of fused-ring (bicyclic) bond motifs is 1. The average Bonchev–Trinajstić information content (AvgIpc) is 2.77. The van der Waals surface area contributed by atoms with Crippen LogP contribution in [0.15, 0.2) is 33.3 Å². The van der Waals surface area contributed by atoms with Gasteiger partial charge in [-0.1, -0.05) is 23.5 Å². The van der Waals surface area contributed by atoms with E-state index >= 15 is 0 Å². The molecule has 2 aromatic rings. The highest BCUT2D eigenvalue weighted by molar-refractivity contribution is 7.94. The second kappa shape index (κ2) is 4.71. The number of sulfonamides is 1. The van der Waals surface area contributed by atoms with Gasteiger partial charge in [0.2, 0.25) is 5.91 Å². The average molecular weight is 325 g/mol. The molecule has 21 heavy (non-hydrogen) atoms. The van der Waals surface area contributed by atoms with Gasteiger partial charge >= 0.3 is 4.87 Å². The van der Waals surface area contributed by atoms with Crippen LogP contribution in [0.5, 0.6) is 0 Å². The largest absolute Gasteiger partial charge is 0.323 e. The van der Waals surface area contributed by atoms with E-state index in [1.807, 2.05) is 0 Å². The fraction of sp³-hybridized carbons (Fsp3) is 0.167. The Morgan fingerprint density at radius 3 is 2.62 bits per heavy atom. The van der Waals surface area contributed by atoms with E-state index < -0.39 is 20.8 Å². The summed E-state index contributed by atoms with van der Waals surface area (Å²) in [4.78, 5) is 25.1. The Balaban J connectivity index is 2.18. The van der Waals surface area contributed by atoms with Gasteiger partial charge in [-0.15, -0.1) is 0 Å². The molecule has 1 aliphatic heterocycles. The minimum Gasteiger partial charge on any atom is -0.323 e. The Bertz CT molecular complexity index is 882. The van der Waals surface area contributed by atoms with Crippen molar-refractivity contribution in [1.29, 1.82) is 0 Å². The van der Waals surface area contributed by atoms with Gasteiger partial charge in [-0.2, -0.15) is 0 Å². The van der Waals surface area contributed by atoms with Gasteiger partial charge in [0.1, 0.15) is 6.54 Å². The van der Waals surface area contributed by atoms with E-state index in [9.17, 15) is 18.0 Å². The second-order valence-electron chi connectivity index (χ2n) is 4.50. The zero-order valence-electron chi connectivity index (χ0n) is 10.9. The van der Waals surface area contributed by atoms with E-state index in [0.29, 0.717) is 22.7 Å². The van der Waals surface area contributed by atoms with Crippen LogP contribution in [0.3, 0.4) is 0 Å². The number of thiazole rings is 1. The Labute approximate surface area is 124 Å². The third-order valence-electron chi connectivity index (χ3n) is 3.04. The standard InChI is InChI=1S/C12H11N3O4S2/c1-7-11(20-12(17)13-7)21(18,19)15-6-10(16)14-8-4-2-3-5-9(8)15/h2-5H,6H2,1H3,(H,13,17)(H,14,16). The van der Waals surface area contributed by atoms with Crippen molar-refractivity contribution in [2.75, 3.05) is 16.2 Å². The number of para-hydroxylation sites is 2. The molecular formula is C12H11N3O4S2. The fourth-order valence-corrected chi connectivity index (χ4v) is 4.99. The van der Waals surface area contributed by atoms with E-state index in [1.165, 1.54) is 6.92 Å². The number of aromatic amines is 1. The summed E-state index contributed by atoms with van der Waals surface area (Å²) in [7, 11) is -3.96. The number of nitrogens with zero attached hydrogens (tertiary/aromatic N) is 1. The molecule has 0 saturated heterocycles. The Morgan fingerprint density at radius 2 is 1.95 bits per heavy atom. The van der Waals surface area contributed by atoms with E-state index in [1.54, 1.807) is 24.3 Å². The summed E-state index contributed by atoms with van der Waals surface area (Å²) in [5, 5.41) is 2.62. The Morgan fingerprint density at radius 1 is 1.24 bits per heavy atom. The van der Waals surface area contributed by atoms with Gasteiger partial charge in [-0.3, -0.25) is 13.9 Å². The molecule has 3 rings (SSSR count). The van der Waals surface area contributed by atoms with Crippen molar-refractivity contribution < 1.29 is 13.2 Å². The van der Waals surface area contributed by atoms with Crippen LogP contribution in [0, 0.1) is 6.92 Å². The molecule has 110 valence electrons. The number of carbonyl (C=O) groups excluding carboxylic acids is 1. The highest BCUT2D eigenvalue weighted by Gasteiger charge is 2.34. The van der Waals surface area contributed by atoms with Crippen LogP contribution in [0.4, 0.5) is 11.4 Å². The molecule has 9 heteroatoms. The molecule has 0 bridgehead atoms. The lowest BCUT2D eigenvalue weighted by molar-refractivity contribution is -0.115.